The van der Waals surface area contributed by atoms with Crippen LogP contribution in [0, 0.1) is 11.7 Å². The summed E-state index contributed by atoms with van der Waals surface area (Å²) in [5.74, 6) is -1.57. The predicted molar refractivity (Wildman–Crippen MR) is 88.2 cm³/mol. The van der Waals surface area contributed by atoms with Gasteiger partial charge in [0.2, 0.25) is 5.91 Å². The third-order valence-electron chi connectivity index (χ3n) is 4.72. The van der Waals surface area contributed by atoms with E-state index in [1.54, 1.807) is 6.92 Å². The number of halogens is 1. The highest BCUT2D eigenvalue weighted by Crippen LogP contribution is 2.29. The van der Waals surface area contributed by atoms with E-state index in [0.29, 0.717) is 25.4 Å². The normalized spacial score (nSPS) is 24.6. The molecule has 0 spiro atoms. The SMILES string of the molecule is CCOC(=O)[C@H]1CCCN([C@@H]2CC(=O)N(c3ccc(F)cc3)C2=O)C1. The van der Waals surface area contributed by atoms with Crippen LogP contribution in [0.2, 0.25) is 0 Å². The first-order chi connectivity index (χ1) is 12.0. The zero-order valence-electron chi connectivity index (χ0n) is 14.1. The van der Waals surface area contributed by atoms with Crippen LogP contribution in [0.3, 0.4) is 0 Å². The third kappa shape index (κ3) is 3.56. The third-order valence-corrected chi connectivity index (χ3v) is 4.72. The Morgan fingerprint density at radius 1 is 1.28 bits per heavy atom. The summed E-state index contributed by atoms with van der Waals surface area (Å²) >= 11 is 0. The number of carbonyl (C=O) groups excluding carboxylic acids is 3. The van der Waals surface area contributed by atoms with Gasteiger partial charge in [0.1, 0.15) is 5.82 Å². The maximum atomic E-state index is 13.1. The Morgan fingerprint density at radius 2 is 2.00 bits per heavy atom. The summed E-state index contributed by atoms with van der Waals surface area (Å²) in [6.07, 6.45) is 1.58. The van der Waals surface area contributed by atoms with E-state index < -0.39 is 11.9 Å². The van der Waals surface area contributed by atoms with Crippen molar-refractivity contribution in [2.24, 2.45) is 5.92 Å². The number of carbonyl (C=O) groups is 3. The second kappa shape index (κ2) is 7.31. The first kappa shape index (κ1) is 17.5. The van der Waals surface area contributed by atoms with Gasteiger partial charge in [-0.2, -0.15) is 0 Å². The first-order valence-electron chi connectivity index (χ1n) is 8.54. The number of rotatable bonds is 4. The zero-order chi connectivity index (χ0) is 18.0. The van der Waals surface area contributed by atoms with Crippen LogP contribution in [-0.4, -0.2) is 48.4 Å². The molecule has 1 aromatic rings. The summed E-state index contributed by atoms with van der Waals surface area (Å²) in [6.45, 7) is 3.17. The molecule has 1 aromatic carbocycles. The molecule has 2 aliphatic rings. The highest BCUT2D eigenvalue weighted by atomic mass is 19.1. The summed E-state index contributed by atoms with van der Waals surface area (Å²) in [5, 5.41) is 0. The van der Waals surface area contributed by atoms with E-state index in [1.807, 2.05) is 4.90 Å². The summed E-state index contributed by atoms with van der Waals surface area (Å²) in [5.41, 5.74) is 0.373. The molecule has 2 amide bonds. The Balaban J connectivity index is 1.73. The van der Waals surface area contributed by atoms with Crippen molar-refractivity contribution in [3.05, 3.63) is 30.1 Å². The van der Waals surface area contributed by atoms with E-state index in [9.17, 15) is 18.8 Å². The Bertz CT molecular complexity index is 676. The molecule has 2 aliphatic heterocycles. The molecule has 3 rings (SSSR count). The van der Waals surface area contributed by atoms with Gasteiger partial charge in [-0.25, -0.2) is 9.29 Å². The number of likely N-dealkylation sites (tertiary alicyclic amines) is 1. The van der Waals surface area contributed by atoms with Gasteiger partial charge in [-0.3, -0.25) is 19.3 Å². The maximum Gasteiger partial charge on any atom is 0.310 e. The Kier molecular flexibility index (Phi) is 5.13. The van der Waals surface area contributed by atoms with Gasteiger partial charge >= 0.3 is 5.97 Å². The number of imide groups is 1. The van der Waals surface area contributed by atoms with Crippen LogP contribution in [0.1, 0.15) is 26.2 Å². The van der Waals surface area contributed by atoms with Crippen LogP contribution in [0.5, 0.6) is 0 Å². The lowest BCUT2D eigenvalue weighted by Crippen LogP contribution is -2.48. The maximum absolute atomic E-state index is 13.1. The van der Waals surface area contributed by atoms with Gasteiger partial charge in [-0.05, 0) is 50.6 Å². The molecule has 7 heteroatoms. The van der Waals surface area contributed by atoms with Gasteiger partial charge in [0.05, 0.1) is 30.7 Å². The lowest BCUT2D eigenvalue weighted by Gasteiger charge is -2.34. The minimum atomic E-state index is -0.574. The predicted octanol–water partition coefficient (Wildman–Crippen LogP) is 1.73. The van der Waals surface area contributed by atoms with Crippen molar-refractivity contribution < 1.29 is 23.5 Å². The highest BCUT2D eigenvalue weighted by molar-refractivity contribution is 6.22. The van der Waals surface area contributed by atoms with Gasteiger partial charge in [0.25, 0.3) is 5.91 Å². The monoisotopic (exact) mass is 348 g/mol. The molecule has 6 nitrogen and oxygen atoms in total. The van der Waals surface area contributed by atoms with E-state index in [1.165, 1.54) is 24.3 Å². The van der Waals surface area contributed by atoms with E-state index in [4.69, 9.17) is 4.74 Å². The summed E-state index contributed by atoms with van der Waals surface area (Å²) in [7, 11) is 0. The fourth-order valence-corrected chi connectivity index (χ4v) is 3.50. The van der Waals surface area contributed by atoms with Crippen molar-refractivity contribution in [2.75, 3.05) is 24.6 Å². The molecule has 0 aliphatic carbocycles. The summed E-state index contributed by atoms with van der Waals surface area (Å²) < 4.78 is 18.2. The van der Waals surface area contributed by atoms with Gasteiger partial charge in [-0.1, -0.05) is 0 Å². The molecule has 2 atom stereocenters. The molecule has 0 radical (unpaired) electrons. The highest BCUT2D eigenvalue weighted by Gasteiger charge is 2.44. The second-order valence-electron chi connectivity index (χ2n) is 6.35. The van der Waals surface area contributed by atoms with Crippen LogP contribution in [0.15, 0.2) is 24.3 Å². The summed E-state index contributed by atoms with van der Waals surface area (Å²) in [6, 6.07) is 4.72. The minimum absolute atomic E-state index is 0.0752. The fourth-order valence-electron chi connectivity index (χ4n) is 3.50. The topological polar surface area (TPSA) is 66.9 Å². The lowest BCUT2D eigenvalue weighted by atomic mass is 9.96. The molecule has 0 aromatic heterocycles. The molecule has 2 heterocycles. The standard InChI is InChI=1S/C18H21FN2O4/c1-2-25-18(24)12-4-3-9-20(11-12)15-10-16(22)21(17(15)23)14-7-5-13(19)6-8-14/h5-8,12,15H,2-4,9-11H2,1H3/t12-,15+/m0/s1. The van der Waals surface area contributed by atoms with Crippen molar-refractivity contribution in [1.29, 1.82) is 0 Å². The Labute approximate surface area is 145 Å². The van der Waals surface area contributed by atoms with Gasteiger partial charge in [0, 0.05) is 6.54 Å². The van der Waals surface area contributed by atoms with Crippen molar-refractivity contribution in [3.8, 4) is 0 Å². The number of esters is 1. The van der Waals surface area contributed by atoms with Crippen molar-refractivity contribution in [1.82, 2.24) is 4.90 Å². The second-order valence-corrected chi connectivity index (χ2v) is 6.35. The molecule has 134 valence electrons. The molecule has 0 N–H and O–H groups in total. The quantitative estimate of drug-likeness (QED) is 0.612. The summed E-state index contributed by atoms with van der Waals surface area (Å²) in [4.78, 5) is 40.1. The van der Waals surface area contributed by atoms with Gasteiger partial charge in [-0.15, -0.1) is 0 Å². The van der Waals surface area contributed by atoms with Crippen LogP contribution >= 0.6 is 0 Å². The lowest BCUT2D eigenvalue weighted by molar-refractivity contribution is -0.150. The number of nitrogens with zero attached hydrogens (tertiary/aromatic N) is 2. The molecular formula is C18H21FN2O4. The molecule has 0 unspecified atom stereocenters. The van der Waals surface area contributed by atoms with Gasteiger partial charge < -0.3 is 4.74 Å². The number of hydrogen-bond acceptors (Lipinski definition) is 5. The minimum Gasteiger partial charge on any atom is -0.466 e. The number of amides is 2. The van der Waals surface area contributed by atoms with E-state index in [0.717, 1.165) is 17.7 Å². The van der Waals surface area contributed by atoms with Crippen LogP contribution in [0.4, 0.5) is 10.1 Å². The zero-order valence-corrected chi connectivity index (χ0v) is 14.1. The average Bonchev–Trinajstić information content (AvgIpc) is 2.91. The Hall–Kier alpha value is -2.28. The molecule has 25 heavy (non-hydrogen) atoms. The number of ether oxygens (including phenoxy) is 1. The molecule has 2 saturated heterocycles. The first-order valence-corrected chi connectivity index (χ1v) is 8.54. The van der Waals surface area contributed by atoms with E-state index in [-0.39, 0.29) is 30.1 Å². The van der Waals surface area contributed by atoms with Crippen molar-refractivity contribution >= 4 is 23.5 Å². The molecule has 2 fully saturated rings. The fraction of sp³-hybridized carbons (Fsp3) is 0.500. The van der Waals surface area contributed by atoms with Crippen LogP contribution in [-0.2, 0) is 19.1 Å². The van der Waals surface area contributed by atoms with E-state index >= 15 is 0 Å². The molecular weight excluding hydrogens is 327 g/mol. The average molecular weight is 348 g/mol. The number of hydrogen-bond donors (Lipinski definition) is 0. The number of benzene rings is 1. The largest absolute Gasteiger partial charge is 0.466 e. The Morgan fingerprint density at radius 3 is 2.68 bits per heavy atom. The van der Waals surface area contributed by atoms with Crippen LogP contribution < -0.4 is 4.90 Å². The van der Waals surface area contributed by atoms with Crippen molar-refractivity contribution in [2.45, 2.75) is 32.2 Å². The molecule has 0 saturated carbocycles. The number of piperidine rings is 1. The van der Waals surface area contributed by atoms with Gasteiger partial charge in [0.15, 0.2) is 0 Å². The van der Waals surface area contributed by atoms with Crippen molar-refractivity contribution in [3.63, 3.8) is 0 Å². The smallest absolute Gasteiger partial charge is 0.310 e. The van der Waals surface area contributed by atoms with Crippen LogP contribution in [0.25, 0.3) is 0 Å². The molecule has 0 bridgehead atoms. The number of anilines is 1. The van der Waals surface area contributed by atoms with E-state index in [2.05, 4.69) is 0 Å².